The van der Waals surface area contributed by atoms with Crippen LogP contribution >= 0.6 is 0 Å². The zero-order chi connectivity index (χ0) is 13.1. The lowest BCUT2D eigenvalue weighted by atomic mass is 10.1. The highest BCUT2D eigenvalue weighted by Crippen LogP contribution is 2.24. The van der Waals surface area contributed by atoms with Crippen LogP contribution in [0.4, 0.5) is 5.82 Å². The standard InChI is InChI=1S/C14H17N3O/c1-10(2)9-18-12-6-4-5-11(7-12)13-8-14(15)17(3)16-13/h4-8H,1,9,15H2,2-3H3. The van der Waals surface area contributed by atoms with Crippen LogP contribution in [0.3, 0.4) is 0 Å². The molecule has 0 bridgehead atoms. The van der Waals surface area contributed by atoms with Gasteiger partial charge in [-0.15, -0.1) is 0 Å². The van der Waals surface area contributed by atoms with Crippen molar-refractivity contribution in [2.45, 2.75) is 6.92 Å². The molecule has 0 fully saturated rings. The van der Waals surface area contributed by atoms with Crippen LogP contribution in [0.15, 0.2) is 42.5 Å². The Morgan fingerprint density at radius 1 is 1.44 bits per heavy atom. The van der Waals surface area contributed by atoms with Gasteiger partial charge in [-0.25, -0.2) is 0 Å². The molecule has 94 valence electrons. The van der Waals surface area contributed by atoms with E-state index in [0.29, 0.717) is 12.4 Å². The summed E-state index contributed by atoms with van der Waals surface area (Å²) in [4.78, 5) is 0. The fraction of sp³-hybridized carbons (Fsp3) is 0.214. The van der Waals surface area contributed by atoms with E-state index in [4.69, 9.17) is 10.5 Å². The molecule has 0 unspecified atom stereocenters. The molecule has 18 heavy (non-hydrogen) atoms. The maximum absolute atomic E-state index is 5.77. The van der Waals surface area contributed by atoms with Crippen LogP contribution in [-0.2, 0) is 7.05 Å². The molecule has 1 aromatic carbocycles. The Morgan fingerprint density at radius 2 is 2.22 bits per heavy atom. The second-order valence-electron chi connectivity index (χ2n) is 4.35. The van der Waals surface area contributed by atoms with E-state index >= 15 is 0 Å². The van der Waals surface area contributed by atoms with Crippen molar-refractivity contribution in [1.29, 1.82) is 0 Å². The molecule has 0 atom stereocenters. The van der Waals surface area contributed by atoms with E-state index in [1.165, 1.54) is 0 Å². The van der Waals surface area contributed by atoms with E-state index in [-0.39, 0.29) is 0 Å². The third-order valence-electron chi connectivity index (χ3n) is 2.53. The van der Waals surface area contributed by atoms with Crippen molar-refractivity contribution in [3.63, 3.8) is 0 Å². The Bertz CT molecular complexity index is 553. The van der Waals surface area contributed by atoms with Gasteiger partial charge in [0.1, 0.15) is 18.2 Å². The largest absolute Gasteiger partial charge is 0.489 e. The summed E-state index contributed by atoms with van der Waals surface area (Å²) in [6.07, 6.45) is 0. The van der Waals surface area contributed by atoms with Gasteiger partial charge < -0.3 is 10.5 Å². The van der Waals surface area contributed by atoms with Crippen molar-refractivity contribution in [3.05, 3.63) is 42.5 Å². The van der Waals surface area contributed by atoms with Crippen LogP contribution in [-0.4, -0.2) is 16.4 Å². The summed E-state index contributed by atoms with van der Waals surface area (Å²) in [6, 6.07) is 9.63. The number of nitrogens with two attached hydrogens (primary N) is 1. The van der Waals surface area contributed by atoms with Gasteiger partial charge in [0.25, 0.3) is 0 Å². The van der Waals surface area contributed by atoms with Gasteiger partial charge in [-0.05, 0) is 24.6 Å². The molecule has 0 saturated heterocycles. The number of hydrogen-bond donors (Lipinski definition) is 1. The number of nitrogen functional groups attached to an aromatic ring is 1. The van der Waals surface area contributed by atoms with Crippen LogP contribution in [0.25, 0.3) is 11.3 Å². The third-order valence-corrected chi connectivity index (χ3v) is 2.53. The lowest BCUT2D eigenvalue weighted by Gasteiger charge is -2.06. The summed E-state index contributed by atoms with van der Waals surface area (Å²) in [7, 11) is 1.82. The average molecular weight is 243 g/mol. The van der Waals surface area contributed by atoms with Crippen molar-refractivity contribution >= 4 is 5.82 Å². The SMILES string of the molecule is C=C(C)COc1cccc(-c2cc(N)n(C)n2)c1. The van der Waals surface area contributed by atoms with E-state index in [2.05, 4.69) is 11.7 Å². The summed E-state index contributed by atoms with van der Waals surface area (Å²) < 4.78 is 7.25. The van der Waals surface area contributed by atoms with E-state index < -0.39 is 0 Å². The first kappa shape index (κ1) is 12.2. The highest BCUT2D eigenvalue weighted by molar-refractivity contribution is 5.63. The summed E-state index contributed by atoms with van der Waals surface area (Å²) >= 11 is 0. The molecule has 0 spiro atoms. The highest BCUT2D eigenvalue weighted by atomic mass is 16.5. The van der Waals surface area contributed by atoms with E-state index in [0.717, 1.165) is 22.6 Å². The summed E-state index contributed by atoms with van der Waals surface area (Å²) in [5.41, 5.74) is 8.59. The average Bonchev–Trinajstić information content (AvgIpc) is 2.68. The van der Waals surface area contributed by atoms with Gasteiger partial charge in [-0.1, -0.05) is 18.7 Å². The second kappa shape index (κ2) is 4.96. The van der Waals surface area contributed by atoms with Crippen LogP contribution in [0, 0.1) is 0 Å². The Morgan fingerprint density at radius 3 is 2.83 bits per heavy atom. The number of aryl methyl sites for hydroxylation is 1. The number of ether oxygens (including phenoxy) is 1. The number of benzene rings is 1. The predicted octanol–water partition coefficient (Wildman–Crippen LogP) is 2.62. The Labute approximate surface area is 107 Å². The van der Waals surface area contributed by atoms with Gasteiger partial charge in [-0.2, -0.15) is 5.10 Å². The summed E-state index contributed by atoms with van der Waals surface area (Å²) in [5.74, 6) is 1.44. The quantitative estimate of drug-likeness (QED) is 0.840. The van der Waals surface area contributed by atoms with Crippen molar-refractivity contribution < 1.29 is 4.74 Å². The first-order valence-corrected chi connectivity index (χ1v) is 5.73. The molecule has 1 aromatic heterocycles. The van der Waals surface area contributed by atoms with E-state index in [1.54, 1.807) is 4.68 Å². The van der Waals surface area contributed by atoms with Crippen LogP contribution in [0.1, 0.15) is 6.92 Å². The fourth-order valence-corrected chi connectivity index (χ4v) is 1.57. The molecule has 0 radical (unpaired) electrons. The van der Waals surface area contributed by atoms with E-state index in [1.807, 2.05) is 44.3 Å². The second-order valence-corrected chi connectivity index (χ2v) is 4.35. The van der Waals surface area contributed by atoms with Crippen LogP contribution in [0.5, 0.6) is 5.75 Å². The summed E-state index contributed by atoms with van der Waals surface area (Å²) in [5, 5.41) is 4.34. The molecule has 0 aliphatic rings. The number of aromatic nitrogens is 2. The predicted molar refractivity (Wildman–Crippen MR) is 73.4 cm³/mol. The smallest absolute Gasteiger partial charge is 0.121 e. The Kier molecular flexibility index (Phi) is 3.37. The summed E-state index contributed by atoms with van der Waals surface area (Å²) in [6.45, 7) is 6.26. The fourth-order valence-electron chi connectivity index (χ4n) is 1.57. The van der Waals surface area contributed by atoms with Crippen molar-refractivity contribution in [3.8, 4) is 17.0 Å². The van der Waals surface area contributed by atoms with Crippen molar-refractivity contribution in [1.82, 2.24) is 9.78 Å². The minimum atomic E-state index is 0.522. The minimum absolute atomic E-state index is 0.522. The molecule has 0 amide bonds. The van der Waals surface area contributed by atoms with E-state index in [9.17, 15) is 0 Å². The van der Waals surface area contributed by atoms with Gasteiger partial charge in [0, 0.05) is 18.7 Å². The molecule has 0 saturated carbocycles. The molecule has 2 rings (SSSR count). The van der Waals surface area contributed by atoms with Crippen LogP contribution in [0.2, 0.25) is 0 Å². The molecule has 0 aliphatic heterocycles. The van der Waals surface area contributed by atoms with Gasteiger partial charge >= 0.3 is 0 Å². The molecule has 1 heterocycles. The zero-order valence-corrected chi connectivity index (χ0v) is 10.7. The normalized spacial score (nSPS) is 10.3. The van der Waals surface area contributed by atoms with Crippen molar-refractivity contribution in [2.75, 3.05) is 12.3 Å². The molecule has 4 nitrogen and oxygen atoms in total. The molecular formula is C14H17N3O. The minimum Gasteiger partial charge on any atom is -0.489 e. The monoisotopic (exact) mass is 243 g/mol. The van der Waals surface area contributed by atoms with Crippen LogP contribution < -0.4 is 10.5 Å². The topological polar surface area (TPSA) is 53.1 Å². The van der Waals surface area contributed by atoms with Gasteiger partial charge in [0.05, 0.1) is 5.69 Å². The number of anilines is 1. The highest BCUT2D eigenvalue weighted by Gasteiger charge is 2.05. The zero-order valence-electron chi connectivity index (χ0n) is 10.7. The first-order valence-electron chi connectivity index (χ1n) is 5.73. The molecule has 2 aromatic rings. The molecule has 4 heteroatoms. The molecule has 2 N–H and O–H groups in total. The number of nitrogens with zero attached hydrogens (tertiary/aromatic N) is 2. The van der Waals surface area contributed by atoms with Crippen molar-refractivity contribution in [2.24, 2.45) is 7.05 Å². The Hall–Kier alpha value is -2.23. The van der Waals surface area contributed by atoms with Gasteiger partial charge in [0.2, 0.25) is 0 Å². The third kappa shape index (κ3) is 2.71. The first-order chi connectivity index (χ1) is 8.56. The Balaban J connectivity index is 2.23. The lowest BCUT2D eigenvalue weighted by Crippen LogP contribution is -1.97. The van der Waals surface area contributed by atoms with Gasteiger partial charge in [-0.3, -0.25) is 4.68 Å². The maximum atomic E-state index is 5.77. The lowest BCUT2D eigenvalue weighted by molar-refractivity contribution is 0.353. The van der Waals surface area contributed by atoms with Gasteiger partial charge in [0.15, 0.2) is 0 Å². The molecule has 0 aliphatic carbocycles. The number of rotatable bonds is 4. The maximum Gasteiger partial charge on any atom is 0.121 e. The molecular weight excluding hydrogens is 226 g/mol. The number of hydrogen-bond acceptors (Lipinski definition) is 3.